The fourth-order valence-electron chi connectivity index (χ4n) is 3.42. The van der Waals surface area contributed by atoms with E-state index in [9.17, 15) is 9.59 Å². The van der Waals surface area contributed by atoms with Crippen molar-refractivity contribution in [3.05, 3.63) is 63.4 Å². The van der Waals surface area contributed by atoms with Gasteiger partial charge in [0.1, 0.15) is 0 Å². The lowest BCUT2D eigenvalue weighted by Crippen LogP contribution is -2.36. The van der Waals surface area contributed by atoms with Crippen molar-refractivity contribution in [2.45, 2.75) is 13.5 Å². The number of rotatable bonds is 4. The molecule has 2 aromatic carbocycles. The number of ether oxygens (including phenoxy) is 1. The molecule has 150 valence electrons. The number of amides is 1. The van der Waals surface area contributed by atoms with E-state index in [4.69, 9.17) is 16.3 Å². The number of aryl methyl sites for hydroxylation is 1. The molecule has 1 N–H and O–H groups in total. The predicted molar refractivity (Wildman–Crippen MR) is 114 cm³/mol. The Morgan fingerprint density at radius 3 is 2.59 bits per heavy atom. The number of hydrogen-bond acceptors (Lipinski definition) is 5. The topological polar surface area (TPSA) is 76.5 Å². The van der Waals surface area contributed by atoms with Gasteiger partial charge >= 0.3 is 0 Å². The molecule has 4 rings (SSSR count). The van der Waals surface area contributed by atoms with Crippen LogP contribution in [0.5, 0.6) is 0 Å². The Kier molecular flexibility index (Phi) is 5.51. The molecule has 1 saturated heterocycles. The van der Waals surface area contributed by atoms with Crippen LogP contribution in [0.4, 0.5) is 11.4 Å². The highest BCUT2D eigenvalue weighted by molar-refractivity contribution is 6.31. The first kappa shape index (κ1) is 19.4. The molecule has 1 fully saturated rings. The number of nitrogens with zero attached hydrogens (tertiary/aromatic N) is 3. The molecular weight excluding hydrogens is 392 g/mol. The van der Waals surface area contributed by atoms with Gasteiger partial charge in [0.15, 0.2) is 5.69 Å². The molecule has 0 radical (unpaired) electrons. The second kappa shape index (κ2) is 8.23. The quantitative estimate of drug-likeness (QED) is 0.712. The van der Waals surface area contributed by atoms with Gasteiger partial charge in [0.2, 0.25) is 5.43 Å². The van der Waals surface area contributed by atoms with Crippen LogP contribution in [0, 0.1) is 0 Å². The van der Waals surface area contributed by atoms with Crippen molar-refractivity contribution >= 4 is 39.8 Å². The molecule has 0 bridgehead atoms. The Morgan fingerprint density at radius 2 is 1.90 bits per heavy atom. The van der Waals surface area contributed by atoms with Gasteiger partial charge in [-0.2, -0.15) is 5.10 Å². The Balaban J connectivity index is 1.60. The van der Waals surface area contributed by atoms with Crippen LogP contribution in [0.25, 0.3) is 10.9 Å². The zero-order valence-electron chi connectivity index (χ0n) is 16.0. The molecule has 1 aromatic heterocycles. The van der Waals surface area contributed by atoms with Gasteiger partial charge in [-0.1, -0.05) is 11.6 Å². The normalized spacial score (nSPS) is 14.2. The van der Waals surface area contributed by atoms with E-state index in [1.807, 2.05) is 31.2 Å². The first-order valence-corrected chi connectivity index (χ1v) is 9.89. The summed E-state index contributed by atoms with van der Waals surface area (Å²) in [5.74, 6) is -0.543. The van der Waals surface area contributed by atoms with Crippen molar-refractivity contribution in [1.29, 1.82) is 0 Å². The van der Waals surface area contributed by atoms with Gasteiger partial charge in [-0.3, -0.25) is 14.3 Å². The fourth-order valence-corrected chi connectivity index (χ4v) is 3.59. The van der Waals surface area contributed by atoms with Gasteiger partial charge in [-0.05, 0) is 49.4 Å². The number of nitrogens with one attached hydrogen (secondary N) is 1. The molecule has 7 nitrogen and oxygen atoms in total. The highest BCUT2D eigenvalue weighted by Crippen LogP contribution is 2.20. The van der Waals surface area contributed by atoms with E-state index in [0.29, 0.717) is 41.4 Å². The number of carbonyl (C=O) groups is 1. The number of carbonyl (C=O) groups excluding carboxylic acids is 1. The minimum absolute atomic E-state index is 0.154. The molecule has 1 aliphatic heterocycles. The van der Waals surface area contributed by atoms with Crippen LogP contribution < -0.4 is 15.6 Å². The van der Waals surface area contributed by atoms with E-state index in [1.165, 1.54) is 0 Å². The maximum absolute atomic E-state index is 12.8. The zero-order chi connectivity index (χ0) is 20.4. The molecule has 0 spiro atoms. The van der Waals surface area contributed by atoms with Crippen molar-refractivity contribution in [3.8, 4) is 0 Å². The van der Waals surface area contributed by atoms with E-state index in [1.54, 1.807) is 22.9 Å². The molecule has 0 saturated carbocycles. The van der Waals surface area contributed by atoms with Crippen LogP contribution in [0.3, 0.4) is 0 Å². The minimum atomic E-state index is -0.543. The monoisotopic (exact) mass is 412 g/mol. The summed E-state index contributed by atoms with van der Waals surface area (Å²) in [6, 6.07) is 12.5. The van der Waals surface area contributed by atoms with E-state index < -0.39 is 11.3 Å². The first-order valence-electron chi connectivity index (χ1n) is 9.51. The number of hydrogen-bond donors (Lipinski definition) is 1. The van der Waals surface area contributed by atoms with Crippen LogP contribution in [-0.4, -0.2) is 42.0 Å². The van der Waals surface area contributed by atoms with Crippen molar-refractivity contribution in [2.24, 2.45) is 0 Å². The number of fused-ring (bicyclic) bond motifs is 1. The van der Waals surface area contributed by atoms with Crippen LogP contribution in [0.1, 0.15) is 17.4 Å². The average molecular weight is 413 g/mol. The predicted octanol–water partition coefficient (Wildman–Crippen LogP) is 3.16. The summed E-state index contributed by atoms with van der Waals surface area (Å²) in [6.45, 7) is 5.52. The largest absolute Gasteiger partial charge is 0.378 e. The molecule has 0 unspecified atom stereocenters. The molecule has 8 heteroatoms. The molecule has 1 aliphatic rings. The van der Waals surface area contributed by atoms with Gasteiger partial charge in [-0.15, -0.1) is 0 Å². The van der Waals surface area contributed by atoms with Crippen LogP contribution in [0.2, 0.25) is 5.02 Å². The lowest BCUT2D eigenvalue weighted by molar-refractivity contribution is 0.101. The molecule has 0 atom stereocenters. The summed E-state index contributed by atoms with van der Waals surface area (Å²) in [6.07, 6.45) is 0. The SMILES string of the molecule is CCn1nc(C(=O)Nc2ccc(N3CCOCC3)cc2)c(=O)c2cc(Cl)ccc21. The van der Waals surface area contributed by atoms with Crippen LogP contribution >= 0.6 is 11.6 Å². The van der Waals surface area contributed by atoms with Crippen LogP contribution in [0.15, 0.2) is 47.3 Å². The standard InChI is InChI=1S/C21H21ClN4O3/c1-2-26-18-8-3-14(22)13-17(18)20(27)19(24-26)21(28)23-15-4-6-16(7-5-15)25-9-11-29-12-10-25/h3-8,13H,2,9-12H2,1H3,(H,23,28). The molecular formula is C21H21ClN4O3. The molecule has 2 heterocycles. The maximum Gasteiger partial charge on any atom is 0.280 e. The third-order valence-corrected chi connectivity index (χ3v) is 5.17. The van der Waals surface area contributed by atoms with Crippen molar-refractivity contribution < 1.29 is 9.53 Å². The second-order valence-electron chi connectivity index (χ2n) is 6.76. The molecule has 1 amide bonds. The highest BCUT2D eigenvalue weighted by atomic mass is 35.5. The number of benzene rings is 2. The minimum Gasteiger partial charge on any atom is -0.378 e. The van der Waals surface area contributed by atoms with E-state index >= 15 is 0 Å². The Labute approximate surface area is 172 Å². The summed E-state index contributed by atoms with van der Waals surface area (Å²) >= 11 is 6.05. The van der Waals surface area contributed by atoms with E-state index in [0.717, 1.165) is 18.8 Å². The third-order valence-electron chi connectivity index (χ3n) is 4.93. The summed E-state index contributed by atoms with van der Waals surface area (Å²) < 4.78 is 7.00. The van der Waals surface area contributed by atoms with Crippen molar-refractivity contribution in [1.82, 2.24) is 9.78 Å². The highest BCUT2D eigenvalue weighted by Gasteiger charge is 2.18. The van der Waals surface area contributed by atoms with Crippen molar-refractivity contribution in [2.75, 3.05) is 36.5 Å². The Hall–Kier alpha value is -2.90. The fraction of sp³-hybridized carbons (Fsp3) is 0.286. The maximum atomic E-state index is 12.8. The Morgan fingerprint density at radius 1 is 1.17 bits per heavy atom. The average Bonchev–Trinajstić information content (AvgIpc) is 2.75. The number of aromatic nitrogens is 2. The van der Waals surface area contributed by atoms with Gasteiger partial charge in [0, 0.05) is 36.0 Å². The lowest BCUT2D eigenvalue weighted by Gasteiger charge is -2.28. The molecule has 0 aliphatic carbocycles. The van der Waals surface area contributed by atoms with Gasteiger partial charge in [-0.25, -0.2) is 0 Å². The van der Waals surface area contributed by atoms with E-state index in [2.05, 4.69) is 15.3 Å². The zero-order valence-corrected chi connectivity index (χ0v) is 16.8. The summed E-state index contributed by atoms with van der Waals surface area (Å²) in [4.78, 5) is 27.8. The Bertz CT molecular complexity index is 1110. The second-order valence-corrected chi connectivity index (χ2v) is 7.19. The van der Waals surface area contributed by atoms with Gasteiger partial charge < -0.3 is 15.0 Å². The lowest BCUT2D eigenvalue weighted by atomic mass is 10.2. The number of halogens is 1. The molecule has 3 aromatic rings. The third kappa shape index (κ3) is 3.97. The van der Waals surface area contributed by atoms with Crippen LogP contribution in [-0.2, 0) is 11.3 Å². The van der Waals surface area contributed by atoms with Crippen molar-refractivity contribution in [3.63, 3.8) is 0 Å². The summed E-state index contributed by atoms with van der Waals surface area (Å²) in [5.41, 5.74) is 1.72. The summed E-state index contributed by atoms with van der Waals surface area (Å²) in [7, 11) is 0. The first-order chi connectivity index (χ1) is 14.1. The molecule has 29 heavy (non-hydrogen) atoms. The number of morpholine rings is 1. The smallest absolute Gasteiger partial charge is 0.280 e. The summed E-state index contributed by atoms with van der Waals surface area (Å²) in [5, 5.41) is 7.85. The van der Waals surface area contributed by atoms with Gasteiger partial charge in [0.25, 0.3) is 5.91 Å². The number of anilines is 2. The van der Waals surface area contributed by atoms with Gasteiger partial charge in [0.05, 0.1) is 24.1 Å². The van der Waals surface area contributed by atoms with E-state index in [-0.39, 0.29) is 5.69 Å².